The molecule has 0 aliphatic carbocycles. The third kappa shape index (κ3) is 5.05. The van der Waals surface area contributed by atoms with E-state index in [0.29, 0.717) is 28.6 Å². The number of thiazole rings is 1. The highest BCUT2D eigenvalue weighted by Gasteiger charge is 2.53. The van der Waals surface area contributed by atoms with Gasteiger partial charge in [0, 0.05) is 17.4 Å². The molecule has 5 heterocycles. The molecule has 3 atom stereocenters. The van der Waals surface area contributed by atoms with E-state index in [-0.39, 0.29) is 33.1 Å². The average Bonchev–Trinajstić information content (AvgIpc) is 3.45. The summed E-state index contributed by atoms with van der Waals surface area (Å²) in [7, 11) is 0. The summed E-state index contributed by atoms with van der Waals surface area (Å²) in [5.41, 5.74) is 6.84. The number of nitrogens with zero attached hydrogens (tertiary/aromatic N) is 4. The van der Waals surface area contributed by atoms with Gasteiger partial charge in [-0.2, -0.15) is 4.57 Å². The van der Waals surface area contributed by atoms with Gasteiger partial charge in [-0.1, -0.05) is 28.1 Å². The lowest BCUT2D eigenvalue weighted by Crippen LogP contribution is -2.70. The number of carbonyl (C=O) groups is 4. The monoisotopic (exact) mass is 607 g/mol. The molecular formula is C22H20ClN8O7S2+. The number of carboxylic acid groups (broad SMARTS) is 1. The number of fused-ring (bicyclic) bond motifs is 2. The van der Waals surface area contributed by atoms with Gasteiger partial charge in [0.15, 0.2) is 36.1 Å². The zero-order valence-corrected chi connectivity index (χ0v) is 22.8. The van der Waals surface area contributed by atoms with Gasteiger partial charge in [0.1, 0.15) is 27.0 Å². The minimum Gasteiger partial charge on any atom is -0.478 e. The summed E-state index contributed by atoms with van der Waals surface area (Å²) in [6.45, 7) is 1.50. The summed E-state index contributed by atoms with van der Waals surface area (Å²) < 4.78 is 1.79. The number of thioether (sulfide) groups is 1. The number of aromatic nitrogens is 4. The molecular weight excluding hydrogens is 588 g/mol. The van der Waals surface area contributed by atoms with Gasteiger partial charge in [-0.15, -0.1) is 11.8 Å². The predicted molar refractivity (Wildman–Crippen MR) is 143 cm³/mol. The summed E-state index contributed by atoms with van der Waals surface area (Å²) in [6.07, 6.45) is 2.66. The first kappa shape index (κ1) is 27.4. The molecule has 208 valence electrons. The number of nitrogen functional groups attached to an aromatic ring is 1. The van der Waals surface area contributed by atoms with Crippen molar-refractivity contribution >= 4 is 80.6 Å². The molecule has 3 aromatic rings. The van der Waals surface area contributed by atoms with Crippen LogP contribution in [0.2, 0.25) is 4.34 Å². The number of β-lactam (4-membered cyclic amide) rings is 1. The Morgan fingerprint density at radius 3 is 2.85 bits per heavy atom. The van der Waals surface area contributed by atoms with E-state index in [1.807, 2.05) is 0 Å². The topological polar surface area (TPSA) is 217 Å². The number of carbonyl (C=O) groups excluding carboxylic acids is 3. The molecule has 1 saturated heterocycles. The van der Waals surface area contributed by atoms with Crippen molar-refractivity contribution in [3.05, 3.63) is 50.2 Å². The van der Waals surface area contributed by atoms with Crippen molar-refractivity contribution in [2.45, 2.75) is 31.0 Å². The van der Waals surface area contributed by atoms with E-state index in [0.717, 1.165) is 11.3 Å². The van der Waals surface area contributed by atoms with Crippen molar-refractivity contribution in [3.8, 4) is 0 Å². The number of amides is 2. The van der Waals surface area contributed by atoms with Crippen LogP contribution in [0, 0.1) is 0 Å². The van der Waals surface area contributed by atoms with Crippen LogP contribution >= 0.6 is 34.7 Å². The Morgan fingerprint density at radius 1 is 1.43 bits per heavy atom. The Balaban J connectivity index is 1.35. The van der Waals surface area contributed by atoms with Crippen molar-refractivity contribution < 1.29 is 33.7 Å². The van der Waals surface area contributed by atoms with Crippen LogP contribution in [-0.2, 0) is 30.6 Å². The molecule has 0 spiro atoms. The number of imidazole rings is 1. The number of rotatable bonds is 9. The van der Waals surface area contributed by atoms with E-state index in [2.05, 4.69) is 25.4 Å². The van der Waals surface area contributed by atoms with Gasteiger partial charge >= 0.3 is 11.7 Å². The van der Waals surface area contributed by atoms with Crippen molar-refractivity contribution in [3.63, 3.8) is 0 Å². The van der Waals surface area contributed by atoms with Gasteiger partial charge in [-0.05, 0) is 6.92 Å². The van der Waals surface area contributed by atoms with Crippen LogP contribution in [0.25, 0.3) is 11.0 Å². The molecule has 2 aliphatic rings. The average molecular weight is 608 g/mol. The highest BCUT2D eigenvalue weighted by molar-refractivity contribution is 8.00. The third-order valence-corrected chi connectivity index (χ3v) is 8.49. The van der Waals surface area contributed by atoms with Crippen molar-refractivity contribution in [2.24, 2.45) is 5.16 Å². The van der Waals surface area contributed by atoms with Crippen molar-refractivity contribution in [1.82, 2.24) is 25.2 Å². The van der Waals surface area contributed by atoms with E-state index in [1.165, 1.54) is 23.6 Å². The number of hydrogen-bond donors (Lipinski definition) is 5. The number of oxime groups is 1. The fourth-order valence-electron chi connectivity index (χ4n) is 4.10. The van der Waals surface area contributed by atoms with Gasteiger partial charge in [0.25, 0.3) is 11.8 Å². The SMILES string of the molecule is C[C@H](O/N=C(\C(=O)NC1C(=O)N2C(C=O)=C(C[n+]3ccc4[nH]c(=O)[nH]c4c3)CSC12)c1nc(N)sc1Cl)C(=O)O. The molecule has 0 radical (unpaired) electrons. The summed E-state index contributed by atoms with van der Waals surface area (Å²) in [5.74, 6) is -2.35. The molecule has 0 saturated carbocycles. The zero-order valence-electron chi connectivity index (χ0n) is 20.4. The first-order valence-electron chi connectivity index (χ1n) is 11.5. The minimum atomic E-state index is -1.39. The minimum absolute atomic E-state index is 0.0156. The first-order chi connectivity index (χ1) is 19.1. The molecule has 0 aromatic carbocycles. The highest BCUT2D eigenvalue weighted by atomic mass is 35.5. The lowest BCUT2D eigenvalue weighted by molar-refractivity contribution is -0.687. The Hall–Kier alpha value is -4.22. The molecule has 2 aliphatic heterocycles. The molecule has 3 aromatic heterocycles. The molecule has 2 amide bonds. The number of nitrogens with two attached hydrogens (primary N) is 1. The first-order valence-corrected chi connectivity index (χ1v) is 13.7. The molecule has 40 heavy (non-hydrogen) atoms. The lowest BCUT2D eigenvalue weighted by atomic mass is 10.0. The normalized spacial score (nSPS) is 19.7. The van der Waals surface area contributed by atoms with Gasteiger partial charge in [0.2, 0.25) is 6.10 Å². The summed E-state index contributed by atoms with van der Waals surface area (Å²) >= 11 is 8.36. The Labute approximate surface area is 237 Å². The summed E-state index contributed by atoms with van der Waals surface area (Å²) in [5, 5.41) is 14.7. The van der Waals surface area contributed by atoms with Crippen LogP contribution in [0.15, 0.2) is 39.7 Å². The quantitative estimate of drug-likeness (QED) is 0.0695. The fraction of sp³-hybridized carbons (Fsp3) is 0.273. The van der Waals surface area contributed by atoms with Crippen LogP contribution in [-0.4, -0.2) is 78.0 Å². The number of halogens is 1. The fourth-order valence-corrected chi connectivity index (χ4v) is 6.39. The molecule has 1 fully saturated rings. The number of carboxylic acids is 1. The number of pyridine rings is 1. The number of aromatic amines is 2. The molecule has 0 bridgehead atoms. The van der Waals surface area contributed by atoms with Gasteiger partial charge in [0.05, 0.1) is 11.2 Å². The van der Waals surface area contributed by atoms with Gasteiger partial charge in [-0.25, -0.2) is 14.6 Å². The maximum Gasteiger partial charge on any atom is 0.347 e. The Morgan fingerprint density at radius 2 is 2.17 bits per heavy atom. The Kier molecular flexibility index (Phi) is 7.35. The molecule has 6 N–H and O–H groups in total. The van der Waals surface area contributed by atoms with E-state index in [1.54, 1.807) is 23.0 Å². The van der Waals surface area contributed by atoms with Crippen LogP contribution in [0.3, 0.4) is 0 Å². The lowest BCUT2D eigenvalue weighted by Gasteiger charge is -2.49. The number of allylic oxidation sites excluding steroid dienone is 1. The maximum atomic E-state index is 13.2. The summed E-state index contributed by atoms with van der Waals surface area (Å²) in [4.78, 5) is 76.5. The van der Waals surface area contributed by atoms with Crippen LogP contribution in [0.4, 0.5) is 5.13 Å². The van der Waals surface area contributed by atoms with Crippen LogP contribution in [0.5, 0.6) is 0 Å². The number of aliphatic carboxylic acids is 1. The summed E-state index contributed by atoms with van der Waals surface area (Å²) in [6, 6.07) is 0.704. The standard InChI is InChI=1S/C22H19ClN8O7S2/c1-8(20(35)36)38-29-14(13-16(23)40-21(24)28-13)17(33)27-15-18(34)31-12(6-32)9(7-39-19(15)31)4-30-3-2-10-11(5-30)26-22(37)25-10/h2-3,5-6,8,15,19H,4,7H2,1H3,(H5,24,26,27,28,33,35,36,37)/p+1/b29-14-/t8-,15?,19?/m0/s1. The van der Waals surface area contributed by atoms with Crippen LogP contribution in [0.1, 0.15) is 12.6 Å². The maximum absolute atomic E-state index is 13.2. The van der Waals surface area contributed by atoms with Crippen molar-refractivity contribution in [2.75, 3.05) is 11.5 Å². The number of aldehydes is 1. The highest BCUT2D eigenvalue weighted by Crippen LogP contribution is 2.39. The third-order valence-electron chi connectivity index (χ3n) is 6.07. The predicted octanol–water partition coefficient (Wildman–Crippen LogP) is -0.417. The van der Waals surface area contributed by atoms with Gasteiger partial charge < -0.3 is 31.0 Å². The largest absolute Gasteiger partial charge is 0.478 e. The second-order valence-electron chi connectivity index (χ2n) is 8.69. The number of anilines is 1. The number of hydrogen-bond acceptors (Lipinski definition) is 11. The van der Waals surface area contributed by atoms with E-state index in [9.17, 15) is 24.0 Å². The van der Waals surface area contributed by atoms with E-state index in [4.69, 9.17) is 27.3 Å². The second-order valence-corrected chi connectivity index (χ2v) is 11.4. The van der Waals surface area contributed by atoms with Crippen molar-refractivity contribution in [1.29, 1.82) is 0 Å². The zero-order chi connectivity index (χ0) is 28.7. The molecule has 15 nitrogen and oxygen atoms in total. The molecule has 5 rings (SSSR count). The van der Waals surface area contributed by atoms with Gasteiger partial charge in [-0.3, -0.25) is 19.3 Å². The van der Waals surface area contributed by atoms with E-state index < -0.39 is 41.0 Å². The second kappa shape index (κ2) is 10.7. The molecule has 18 heteroatoms. The smallest absolute Gasteiger partial charge is 0.347 e. The van der Waals surface area contributed by atoms with Crippen LogP contribution < -0.4 is 21.3 Å². The number of nitrogens with one attached hydrogen (secondary N) is 3. The number of H-pyrrole nitrogens is 2. The van der Waals surface area contributed by atoms with E-state index >= 15 is 0 Å². The Bertz CT molecular complexity index is 1680. The molecule has 2 unspecified atom stereocenters.